The summed E-state index contributed by atoms with van der Waals surface area (Å²) < 4.78 is 253. The number of nitrogens with zero attached hydrogens (tertiary/aromatic N) is 4. The molecule has 0 aliphatic carbocycles. The van der Waals surface area contributed by atoms with Crippen LogP contribution in [-0.4, -0.2) is 127 Å². The van der Waals surface area contributed by atoms with E-state index >= 15 is 0 Å². The Labute approximate surface area is 795 Å². The number of carbonyl (C=O) groups excluding carboxylic acids is 4. The number of fused-ring (bicyclic) bond motifs is 12. The fraction of sp³-hybridized carbons (Fsp3) is 0.0947. The van der Waals surface area contributed by atoms with Crippen molar-refractivity contribution in [1.29, 1.82) is 0 Å². The highest BCUT2D eigenvalue weighted by Gasteiger charge is 2.46. The Bertz CT molecular complexity index is 8950. The molecule has 0 saturated heterocycles. The minimum absolute atomic E-state index is 0.0272. The van der Waals surface area contributed by atoms with E-state index in [0.717, 1.165) is 104 Å². The molecule has 20 rings (SSSR count). The van der Waals surface area contributed by atoms with Crippen LogP contribution in [0.3, 0.4) is 0 Å². The van der Waals surface area contributed by atoms with Crippen molar-refractivity contribution in [3.63, 3.8) is 0 Å². The van der Waals surface area contributed by atoms with E-state index in [9.17, 15) is 112 Å². The van der Waals surface area contributed by atoms with Crippen LogP contribution in [0.15, 0.2) is 260 Å². The van der Waals surface area contributed by atoms with Gasteiger partial charge in [0.2, 0.25) is 40.1 Å². The molecule has 11 aromatic heterocycles. The minimum atomic E-state index is -4.16. The number of carbonyl (C=O) groups is 4. The van der Waals surface area contributed by atoms with E-state index in [1.807, 2.05) is 49.2 Å². The molecule has 0 radical (unpaired) electrons. The van der Waals surface area contributed by atoms with Crippen LogP contribution in [0.4, 0.5) is 39.5 Å². The van der Waals surface area contributed by atoms with Gasteiger partial charge in [0.1, 0.15) is 69.1 Å². The fourth-order valence-corrected chi connectivity index (χ4v) is 20.4. The molecule has 1 aliphatic heterocycles. The Morgan fingerprint density at radius 1 is 0.362 bits per heavy atom. The Balaban J connectivity index is 0.000000130. The maximum absolute atomic E-state index is 14.6. The number of aromatic amines is 4. The van der Waals surface area contributed by atoms with Crippen molar-refractivity contribution in [3.05, 3.63) is 363 Å². The van der Waals surface area contributed by atoms with Crippen LogP contribution >= 0.6 is 22.7 Å². The van der Waals surface area contributed by atoms with E-state index in [-0.39, 0.29) is 103 Å². The number of hydrogen-bond donors (Lipinski definition) is 8. The number of sulfonamides is 4. The van der Waals surface area contributed by atoms with Gasteiger partial charge in [0.25, 0.3) is 45.9 Å². The number of amides is 4. The third-order valence-electron chi connectivity index (χ3n) is 22.2. The fourth-order valence-electron chi connectivity index (χ4n) is 16.8. The smallest absolute Gasteiger partial charge is 0.464 e. The van der Waals surface area contributed by atoms with E-state index in [2.05, 4.69) is 29.4 Å². The summed E-state index contributed by atoms with van der Waals surface area (Å²) in [5.41, 5.74) is -0.774. The second kappa shape index (κ2) is 37.6. The van der Waals surface area contributed by atoms with Gasteiger partial charge in [0.05, 0.1) is 90.5 Å². The highest BCUT2D eigenvalue weighted by atomic mass is 32.2. The number of rotatable bonds is 20. The van der Waals surface area contributed by atoms with Gasteiger partial charge in [0, 0.05) is 117 Å². The lowest BCUT2D eigenvalue weighted by atomic mass is 10.0. The molecule has 141 heavy (non-hydrogen) atoms. The molecule has 0 spiro atoms. The zero-order valence-corrected chi connectivity index (χ0v) is 77.6. The molecule has 0 atom stereocenters. The van der Waals surface area contributed by atoms with E-state index in [4.69, 9.17) is 4.42 Å². The number of benzene rings is 8. The molecule has 0 bridgehead atoms. The lowest BCUT2D eigenvalue weighted by molar-refractivity contribution is -0.286. The number of ether oxygens (including phenoxy) is 2. The highest BCUT2D eigenvalue weighted by molar-refractivity contribution is 7.90. The first-order chi connectivity index (χ1) is 66.9. The summed E-state index contributed by atoms with van der Waals surface area (Å²) >= 11 is 2.82. The normalized spacial score (nSPS) is 12.5. The van der Waals surface area contributed by atoms with Gasteiger partial charge in [-0.15, -0.1) is 31.5 Å². The standard InChI is InChI=1S/C24H17F2N3O5S.C24H17F2N3O4S2.C24H18FN3O4S2.C23H15F4N3O6S/c1-35(32,33)28-24(31)22-21(16-3-2-9-27-23(16)30)20-15-8-10-34-19(15)7-6-18(20)29(22)12-13-11-14(25)4-5-17(13)26;1-35(32,33)28-24(31)21-19(16-3-2-9-27-23(16)30)20-18(7-4-13-8-10-34-22(13)20)29(21)12-14-11-15(25)5-6-17(14)26;1-34(31,32)27-24(30)21-19(16-6-4-11-26-23(16)29)20-18(9-8-14-10-12-33-22(14)20)28(21)13-15-5-2-3-7-17(15)25;1-37(33,34)29-22(32)19-17(13-3-2-8-28-21(13)31)18-15(6-7-16-20(18)36-23(26,27)35-16)30(19)10-11-9-12(24)4-5-14(11)25/h2*2-11H,12H2,1H3,(H,27,30)(H,28,31);2-12H,13H2,1H3,(H,26,29)(H,27,30);2-9H,10H2,1H3,(H,28,31)(H,29,32). The molecule has 19 aromatic rings. The molecule has 0 fully saturated rings. The molecule has 0 saturated carbocycles. The van der Waals surface area contributed by atoms with E-state index in [0.29, 0.717) is 61.1 Å². The number of aromatic nitrogens is 8. The van der Waals surface area contributed by atoms with Crippen LogP contribution in [0.25, 0.3) is 119 Å². The number of H-pyrrole nitrogens is 4. The maximum Gasteiger partial charge on any atom is 0.586 e. The molecule has 720 valence electrons. The van der Waals surface area contributed by atoms with Gasteiger partial charge >= 0.3 is 6.29 Å². The van der Waals surface area contributed by atoms with Gasteiger partial charge < -0.3 is 52.1 Å². The minimum Gasteiger partial charge on any atom is -0.464 e. The number of alkyl halides is 2. The van der Waals surface area contributed by atoms with Crippen molar-refractivity contribution in [1.82, 2.24) is 57.1 Å². The van der Waals surface area contributed by atoms with Gasteiger partial charge in [-0.05, 0) is 185 Å². The quantitative estimate of drug-likeness (QED) is 0.0329. The van der Waals surface area contributed by atoms with Crippen molar-refractivity contribution in [2.45, 2.75) is 32.5 Å². The first-order valence-electron chi connectivity index (χ1n) is 41.2. The number of halogens is 9. The molecular formula is C95H67F9N12O19S6. The van der Waals surface area contributed by atoms with Gasteiger partial charge in [-0.3, -0.25) is 38.4 Å². The second-order valence-corrected chi connectivity index (χ2v) is 40.7. The lowest BCUT2D eigenvalue weighted by Gasteiger charge is -2.13. The van der Waals surface area contributed by atoms with Crippen molar-refractivity contribution in [2.24, 2.45) is 0 Å². The second-order valence-electron chi connectivity index (χ2n) is 31.8. The first kappa shape index (κ1) is 96.5. The first-order valence-corrected chi connectivity index (χ1v) is 50.6. The van der Waals surface area contributed by atoms with Gasteiger partial charge in [0.15, 0.2) is 11.5 Å². The molecule has 0 unspecified atom stereocenters. The van der Waals surface area contributed by atoms with Crippen LogP contribution in [0.5, 0.6) is 11.5 Å². The number of nitrogens with one attached hydrogen (secondary N) is 8. The van der Waals surface area contributed by atoms with Gasteiger partial charge in [-0.2, -0.15) is 0 Å². The highest BCUT2D eigenvalue weighted by Crippen LogP contribution is 2.52. The molecule has 8 N–H and O–H groups in total. The van der Waals surface area contributed by atoms with E-state index < -0.39 is 157 Å². The summed E-state index contributed by atoms with van der Waals surface area (Å²) in [5, 5.41) is 7.42. The van der Waals surface area contributed by atoms with Crippen LogP contribution < -0.4 is 50.6 Å². The van der Waals surface area contributed by atoms with Crippen LogP contribution in [0, 0.1) is 40.7 Å². The van der Waals surface area contributed by atoms with Crippen LogP contribution in [-0.2, 0) is 66.3 Å². The van der Waals surface area contributed by atoms with Crippen molar-refractivity contribution in [2.75, 3.05) is 25.0 Å². The van der Waals surface area contributed by atoms with E-state index in [1.54, 1.807) is 82.1 Å². The maximum atomic E-state index is 14.6. The molecule has 4 amide bonds. The number of thiophene rings is 2. The zero-order chi connectivity index (χ0) is 101. The van der Waals surface area contributed by atoms with Crippen molar-refractivity contribution < 1.29 is 106 Å². The zero-order valence-electron chi connectivity index (χ0n) is 72.7. The molecule has 1 aliphatic rings. The van der Waals surface area contributed by atoms with Crippen LogP contribution in [0.1, 0.15) is 64.2 Å². The number of furan rings is 1. The Kier molecular flexibility index (Phi) is 25.8. The number of pyridine rings is 4. The van der Waals surface area contributed by atoms with Crippen LogP contribution in [0.2, 0.25) is 0 Å². The molecule has 31 nitrogen and oxygen atoms in total. The largest absolute Gasteiger partial charge is 0.586 e. The Hall–Kier alpha value is -16.2. The van der Waals surface area contributed by atoms with Crippen molar-refractivity contribution >= 4 is 161 Å². The van der Waals surface area contributed by atoms with Gasteiger partial charge in [-0.25, -0.2) is 83.3 Å². The molecule has 46 heteroatoms. The Morgan fingerprint density at radius 3 is 1.06 bits per heavy atom. The number of hydrogen-bond acceptors (Lipinski definition) is 21. The molecular weight excluding hydrogens is 1980 g/mol. The SMILES string of the molecule is CS(=O)(=O)NC(=O)c1c(-c2ccc[nH]c2=O)c2c3c(ccc2n1Cc1cc(F)ccc1F)OC(F)(F)O3.CS(=O)(=O)NC(=O)c1c(-c2ccc[nH]c2=O)c2c3ccoc3ccc2n1Cc1cc(F)ccc1F.CS(=O)(=O)NC(=O)c1c(-c2ccc[nH]c2=O)c2c3sccc3ccc2n1Cc1cc(F)ccc1F.CS(=O)(=O)NC(=O)c1c(-c2ccc[nH]c2=O)c2c3sccc3ccc2n1Cc1ccccc1F. The third kappa shape index (κ3) is 19.7. The summed E-state index contributed by atoms with van der Waals surface area (Å²) in [6.45, 7) is -1.19. The third-order valence-corrected chi connectivity index (χ3v) is 26.3. The predicted octanol–water partition coefficient (Wildman–Crippen LogP) is 15.4. The van der Waals surface area contributed by atoms with Crippen molar-refractivity contribution in [3.8, 4) is 56.0 Å². The topological polar surface area (TPSA) is 436 Å². The molecule has 8 aromatic carbocycles. The average Bonchev–Trinajstić information content (AvgIpc) is 1.58. The van der Waals surface area contributed by atoms with Gasteiger partial charge in [-0.1, -0.05) is 30.3 Å². The monoisotopic (exact) mass is 2040 g/mol. The predicted molar refractivity (Wildman–Crippen MR) is 510 cm³/mol. The Morgan fingerprint density at radius 2 is 0.688 bits per heavy atom. The summed E-state index contributed by atoms with van der Waals surface area (Å²) in [7, 11) is -16.1. The summed E-state index contributed by atoms with van der Waals surface area (Å²) in [6.07, 6.45) is 6.18. The summed E-state index contributed by atoms with van der Waals surface area (Å²) in [4.78, 5) is 115. The van der Waals surface area contributed by atoms with E-state index in [1.165, 1.54) is 99.3 Å². The molecule has 12 heterocycles. The summed E-state index contributed by atoms with van der Waals surface area (Å²) in [6, 6.07) is 44.8. The lowest BCUT2D eigenvalue weighted by Crippen LogP contribution is -2.32. The average molecular weight is 2040 g/mol. The summed E-state index contributed by atoms with van der Waals surface area (Å²) in [5.74, 6) is -10.0.